The van der Waals surface area contributed by atoms with E-state index >= 15 is 0 Å². The lowest BCUT2D eigenvalue weighted by atomic mass is 10.1. The van der Waals surface area contributed by atoms with Crippen molar-refractivity contribution >= 4 is 12.0 Å². The molecule has 1 heterocycles. The summed E-state index contributed by atoms with van der Waals surface area (Å²) >= 11 is 0. The number of hydrogen-bond acceptors (Lipinski definition) is 5. The fourth-order valence-corrected chi connectivity index (χ4v) is 3.42. The van der Waals surface area contributed by atoms with Gasteiger partial charge in [0.25, 0.3) is 5.91 Å². The fraction of sp³-hybridized carbons (Fsp3) is 0.348. The van der Waals surface area contributed by atoms with Crippen LogP contribution in [-0.4, -0.2) is 69.8 Å². The summed E-state index contributed by atoms with van der Waals surface area (Å²) in [5.74, 6) is 1.44. The molecule has 1 amide bonds. The summed E-state index contributed by atoms with van der Waals surface area (Å²) in [6, 6.07) is 13.7. The molecule has 0 atom stereocenters. The van der Waals surface area contributed by atoms with E-state index in [4.69, 9.17) is 14.2 Å². The topological polar surface area (TPSA) is 51.2 Å². The van der Waals surface area contributed by atoms with Crippen molar-refractivity contribution in [3.8, 4) is 17.2 Å². The van der Waals surface area contributed by atoms with Gasteiger partial charge in [-0.2, -0.15) is 0 Å². The molecule has 3 rings (SSSR count). The first-order chi connectivity index (χ1) is 14.2. The van der Waals surface area contributed by atoms with Crippen LogP contribution in [0.3, 0.4) is 0 Å². The summed E-state index contributed by atoms with van der Waals surface area (Å²) in [5.41, 5.74) is 1.74. The molecule has 0 spiro atoms. The fourth-order valence-electron chi connectivity index (χ4n) is 3.42. The molecule has 0 aliphatic carbocycles. The number of amides is 1. The third-order valence-electron chi connectivity index (χ3n) is 5.04. The van der Waals surface area contributed by atoms with Crippen LogP contribution in [0.4, 0.5) is 0 Å². The molecule has 0 N–H and O–H groups in total. The number of ether oxygens (including phenoxy) is 3. The summed E-state index contributed by atoms with van der Waals surface area (Å²) in [4.78, 5) is 17.2. The van der Waals surface area contributed by atoms with Gasteiger partial charge in [-0.3, -0.25) is 9.69 Å². The maximum atomic E-state index is 13.0. The summed E-state index contributed by atoms with van der Waals surface area (Å²) in [6.45, 7) is 3.94. The Bertz CT molecular complexity index is 818. The monoisotopic (exact) mass is 396 g/mol. The van der Waals surface area contributed by atoms with Gasteiger partial charge in [-0.25, -0.2) is 0 Å². The Balaban J connectivity index is 1.59. The minimum atomic E-state index is -0.0243. The van der Waals surface area contributed by atoms with Crippen LogP contribution in [0.25, 0.3) is 6.08 Å². The van der Waals surface area contributed by atoms with Crippen LogP contribution < -0.4 is 14.2 Å². The normalized spacial score (nSPS) is 14.8. The maximum absolute atomic E-state index is 13.0. The number of carbonyl (C=O) groups excluding carboxylic acids is 1. The number of nitrogens with zero attached hydrogens (tertiary/aromatic N) is 2. The van der Waals surface area contributed by atoms with Gasteiger partial charge < -0.3 is 19.1 Å². The number of methoxy groups -OCH3 is 3. The Morgan fingerprint density at radius 1 is 0.931 bits per heavy atom. The molecule has 2 aromatic carbocycles. The molecule has 0 saturated carbocycles. The summed E-state index contributed by atoms with van der Waals surface area (Å²) in [6.07, 6.45) is 4.31. The number of piperazine rings is 1. The molecule has 154 valence electrons. The summed E-state index contributed by atoms with van der Waals surface area (Å²) in [7, 11) is 4.65. The van der Waals surface area contributed by atoms with E-state index in [0.717, 1.165) is 19.6 Å². The molecule has 0 bridgehead atoms. The van der Waals surface area contributed by atoms with Gasteiger partial charge in [-0.05, 0) is 17.7 Å². The van der Waals surface area contributed by atoms with Crippen molar-refractivity contribution in [3.05, 3.63) is 59.7 Å². The van der Waals surface area contributed by atoms with Gasteiger partial charge in [-0.1, -0.05) is 42.5 Å². The lowest BCUT2D eigenvalue weighted by Crippen LogP contribution is -2.48. The van der Waals surface area contributed by atoms with Crippen LogP contribution in [0.15, 0.2) is 48.5 Å². The molecule has 6 nitrogen and oxygen atoms in total. The molecular weight excluding hydrogens is 368 g/mol. The van der Waals surface area contributed by atoms with Crippen molar-refractivity contribution in [2.24, 2.45) is 0 Å². The van der Waals surface area contributed by atoms with E-state index in [2.05, 4.69) is 29.2 Å². The molecule has 1 aliphatic rings. The minimum Gasteiger partial charge on any atom is -0.493 e. The number of carbonyl (C=O) groups is 1. The van der Waals surface area contributed by atoms with Crippen LogP contribution >= 0.6 is 0 Å². The highest BCUT2D eigenvalue weighted by Crippen LogP contribution is 2.38. The summed E-state index contributed by atoms with van der Waals surface area (Å²) < 4.78 is 16.1. The first-order valence-corrected chi connectivity index (χ1v) is 9.69. The molecule has 1 saturated heterocycles. The second-order valence-electron chi connectivity index (χ2n) is 6.82. The predicted molar refractivity (Wildman–Crippen MR) is 114 cm³/mol. The highest BCUT2D eigenvalue weighted by molar-refractivity contribution is 5.95. The molecule has 2 aromatic rings. The van der Waals surface area contributed by atoms with Gasteiger partial charge in [-0.15, -0.1) is 0 Å². The van der Waals surface area contributed by atoms with Gasteiger partial charge >= 0.3 is 0 Å². The van der Waals surface area contributed by atoms with Gasteiger partial charge in [0.1, 0.15) is 0 Å². The van der Waals surface area contributed by atoms with E-state index in [0.29, 0.717) is 35.9 Å². The lowest BCUT2D eigenvalue weighted by molar-refractivity contribution is 0.0649. The highest BCUT2D eigenvalue weighted by Gasteiger charge is 2.24. The Kier molecular flexibility index (Phi) is 7.14. The van der Waals surface area contributed by atoms with Crippen LogP contribution in [0.2, 0.25) is 0 Å². The standard InChI is InChI=1S/C23H28N2O4/c1-27-20-16-19(17-21(28-2)22(20)29-3)23(26)25-14-12-24(13-15-25)11-7-10-18-8-5-4-6-9-18/h4-10,16-17H,11-15H2,1-3H3/b10-7-. The predicted octanol–water partition coefficient (Wildman–Crippen LogP) is 3.18. The van der Waals surface area contributed by atoms with Crippen LogP contribution in [0.5, 0.6) is 17.2 Å². The van der Waals surface area contributed by atoms with Crippen LogP contribution in [0, 0.1) is 0 Å². The van der Waals surface area contributed by atoms with Gasteiger partial charge in [0.15, 0.2) is 11.5 Å². The van der Waals surface area contributed by atoms with E-state index in [1.807, 2.05) is 23.1 Å². The smallest absolute Gasteiger partial charge is 0.254 e. The van der Waals surface area contributed by atoms with Crippen LogP contribution in [0.1, 0.15) is 15.9 Å². The third kappa shape index (κ3) is 5.09. The van der Waals surface area contributed by atoms with E-state index in [1.54, 1.807) is 33.5 Å². The second kappa shape index (κ2) is 9.98. The zero-order valence-electron chi connectivity index (χ0n) is 17.3. The third-order valence-corrected chi connectivity index (χ3v) is 5.04. The zero-order valence-corrected chi connectivity index (χ0v) is 17.3. The van der Waals surface area contributed by atoms with Crippen molar-refractivity contribution < 1.29 is 19.0 Å². The quantitative estimate of drug-likeness (QED) is 0.720. The average Bonchev–Trinajstić information content (AvgIpc) is 2.78. The molecule has 1 aliphatic heterocycles. The van der Waals surface area contributed by atoms with Gasteiger partial charge in [0, 0.05) is 38.3 Å². The Hall–Kier alpha value is -2.99. The minimum absolute atomic E-state index is 0.0243. The highest BCUT2D eigenvalue weighted by atomic mass is 16.5. The number of benzene rings is 2. The molecule has 0 aromatic heterocycles. The van der Waals surface area contributed by atoms with Crippen molar-refractivity contribution in [2.45, 2.75) is 0 Å². The lowest BCUT2D eigenvalue weighted by Gasteiger charge is -2.34. The SMILES string of the molecule is COc1cc(C(=O)N2CCN(C/C=C\c3ccccc3)CC2)cc(OC)c1OC. The van der Waals surface area contributed by atoms with E-state index in [1.165, 1.54) is 5.56 Å². The van der Waals surface area contributed by atoms with E-state index in [-0.39, 0.29) is 5.91 Å². The van der Waals surface area contributed by atoms with Crippen molar-refractivity contribution in [1.29, 1.82) is 0 Å². The molecule has 1 fully saturated rings. The van der Waals surface area contributed by atoms with Crippen molar-refractivity contribution in [1.82, 2.24) is 9.80 Å². The van der Waals surface area contributed by atoms with Crippen LogP contribution in [-0.2, 0) is 0 Å². The molecule has 29 heavy (non-hydrogen) atoms. The largest absolute Gasteiger partial charge is 0.493 e. The Morgan fingerprint density at radius 3 is 2.10 bits per heavy atom. The number of rotatable bonds is 7. The van der Waals surface area contributed by atoms with E-state index in [9.17, 15) is 4.79 Å². The Morgan fingerprint density at radius 2 is 1.55 bits per heavy atom. The van der Waals surface area contributed by atoms with E-state index < -0.39 is 0 Å². The van der Waals surface area contributed by atoms with Gasteiger partial charge in [0.05, 0.1) is 21.3 Å². The first kappa shape index (κ1) is 20.7. The van der Waals surface area contributed by atoms with Crippen molar-refractivity contribution in [2.75, 3.05) is 54.1 Å². The molecule has 0 radical (unpaired) electrons. The van der Waals surface area contributed by atoms with Crippen molar-refractivity contribution in [3.63, 3.8) is 0 Å². The average molecular weight is 396 g/mol. The second-order valence-corrected chi connectivity index (χ2v) is 6.82. The summed E-state index contributed by atoms with van der Waals surface area (Å²) in [5, 5.41) is 0. The number of hydrogen-bond donors (Lipinski definition) is 0. The Labute approximate surface area is 172 Å². The first-order valence-electron chi connectivity index (χ1n) is 9.69. The maximum Gasteiger partial charge on any atom is 0.254 e. The van der Waals surface area contributed by atoms with Gasteiger partial charge in [0.2, 0.25) is 5.75 Å². The zero-order chi connectivity index (χ0) is 20.6. The molecule has 0 unspecified atom stereocenters. The molecular formula is C23H28N2O4. The molecule has 6 heteroatoms.